The number of alkyl halides is 2. The van der Waals surface area contributed by atoms with Gasteiger partial charge in [-0.3, -0.25) is 9.18 Å². The second kappa shape index (κ2) is 6.26. The number of benzene rings is 1. The molecule has 3 nitrogen and oxygen atoms in total. The Bertz CT molecular complexity index is 569. The lowest BCUT2D eigenvalue weighted by Crippen LogP contribution is -2.11. The van der Waals surface area contributed by atoms with Crippen LogP contribution in [0.4, 0.5) is 4.39 Å². The van der Waals surface area contributed by atoms with Crippen LogP contribution >= 0.6 is 31.9 Å². The molecule has 1 atom stereocenters. The van der Waals surface area contributed by atoms with Crippen LogP contribution < -0.4 is 5.56 Å². The first-order valence-electron chi connectivity index (χ1n) is 4.79. The Morgan fingerprint density at radius 1 is 1.35 bits per heavy atom. The number of nitrogens with zero attached hydrogens (tertiary/aromatic N) is 1. The number of nitrogens with one attached hydrogen (secondary N) is 1. The number of hydrogen-bond acceptors (Lipinski definition) is 2. The van der Waals surface area contributed by atoms with Crippen molar-refractivity contribution >= 4 is 42.6 Å². The molecule has 0 radical (unpaired) electrons. The maximum atomic E-state index is 11.5. The first-order chi connectivity index (χ1) is 8.09. The fourth-order valence-corrected chi connectivity index (χ4v) is 2.17. The molecular weight excluding hydrogens is 355 g/mol. The summed E-state index contributed by atoms with van der Waals surface area (Å²) < 4.78 is 10.4. The highest BCUT2D eigenvalue weighted by Gasteiger charge is 2.10. The SMILES string of the molecule is CC(Br)c1n[nH]c(=O)c2ccc(Br)cc12.CF. The van der Waals surface area contributed by atoms with E-state index >= 15 is 0 Å². The van der Waals surface area contributed by atoms with Crippen molar-refractivity contribution in [2.24, 2.45) is 0 Å². The highest BCUT2D eigenvalue weighted by atomic mass is 79.9. The van der Waals surface area contributed by atoms with Gasteiger partial charge in [-0.2, -0.15) is 5.10 Å². The zero-order chi connectivity index (χ0) is 13.0. The fraction of sp³-hybridized carbons (Fsp3) is 0.273. The van der Waals surface area contributed by atoms with Crippen molar-refractivity contribution in [1.82, 2.24) is 10.2 Å². The molecule has 0 spiro atoms. The highest BCUT2D eigenvalue weighted by Crippen LogP contribution is 2.27. The normalized spacial score (nSPS) is 11.8. The molecule has 2 aromatic rings. The van der Waals surface area contributed by atoms with E-state index in [9.17, 15) is 9.18 Å². The molecule has 1 aromatic heterocycles. The third-order valence-electron chi connectivity index (χ3n) is 2.16. The molecule has 0 fully saturated rings. The summed E-state index contributed by atoms with van der Waals surface area (Å²) in [5, 5.41) is 8.07. The summed E-state index contributed by atoms with van der Waals surface area (Å²) in [6.45, 7) is 1.97. The van der Waals surface area contributed by atoms with Gasteiger partial charge < -0.3 is 0 Å². The summed E-state index contributed by atoms with van der Waals surface area (Å²) in [5.41, 5.74) is 0.681. The van der Waals surface area contributed by atoms with E-state index in [1.807, 2.05) is 19.1 Å². The standard InChI is InChI=1S/C10H8Br2N2O.CH3F/c1-5(11)9-8-4-6(12)2-3-7(8)10(15)14-13-9;1-2/h2-5H,1H3,(H,14,15);1H3. The van der Waals surface area contributed by atoms with Crippen molar-refractivity contribution in [2.75, 3.05) is 7.18 Å². The van der Waals surface area contributed by atoms with Crippen LogP contribution in [-0.2, 0) is 0 Å². The minimum atomic E-state index is -0.158. The monoisotopic (exact) mass is 364 g/mol. The van der Waals surface area contributed by atoms with Crippen molar-refractivity contribution < 1.29 is 4.39 Å². The van der Waals surface area contributed by atoms with Crippen LogP contribution in [0, 0.1) is 0 Å². The molecule has 0 aliphatic carbocycles. The molecule has 0 aliphatic heterocycles. The van der Waals surface area contributed by atoms with Gasteiger partial charge in [-0.1, -0.05) is 31.9 Å². The largest absolute Gasteiger partial charge is 0.272 e. The van der Waals surface area contributed by atoms with Crippen molar-refractivity contribution in [2.45, 2.75) is 11.8 Å². The smallest absolute Gasteiger partial charge is 0.267 e. The molecule has 0 bridgehead atoms. The van der Waals surface area contributed by atoms with Crippen LogP contribution in [0.15, 0.2) is 27.5 Å². The van der Waals surface area contributed by atoms with Gasteiger partial charge in [-0.25, -0.2) is 5.10 Å². The molecule has 92 valence electrons. The van der Waals surface area contributed by atoms with Crippen LogP contribution in [0.5, 0.6) is 0 Å². The van der Waals surface area contributed by atoms with Gasteiger partial charge in [0.2, 0.25) is 0 Å². The first-order valence-corrected chi connectivity index (χ1v) is 6.50. The Labute approximate surface area is 115 Å². The molecule has 0 amide bonds. The number of aromatic nitrogens is 2. The van der Waals surface area contributed by atoms with E-state index in [1.165, 1.54) is 0 Å². The van der Waals surface area contributed by atoms with Crippen molar-refractivity contribution in [3.05, 3.63) is 38.7 Å². The highest BCUT2D eigenvalue weighted by molar-refractivity contribution is 9.10. The number of hydrogen-bond donors (Lipinski definition) is 1. The van der Waals surface area contributed by atoms with E-state index in [4.69, 9.17) is 0 Å². The van der Waals surface area contributed by atoms with E-state index < -0.39 is 0 Å². The van der Waals surface area contributed by atoms with E-state index in [2.05, 4.69) is 42.1 Å². The summed E-state index contributed by atoms with van der Waals surface area (Å²) in [5.74, 6) is 0. The predicted octanol–water partition coefficient (Wildman–Crippen LogP) is 3.73. The Kier molecular flexibility index (Phi) is 5.27. The van der Waals surface area contributed by atoms with Crippen LogP contribution in [0.2, 0.25) is 0 Å². The van der Waals surface area contributed by atoms with Gasteiger partial charge in [0.15, 0.2) is 0 Å². The third kappa shape index (κ3) is 3.13. The minimum Gasteiger partial charge on any atom is -0.267 e. The van der Waals surface area contributed by atoms with Crippen molar-refractivity contribution in [3.63, 3.8) is 0 Å². The minimum absolute atomic E-state index is 0.103. The van der Waals surface area contributed by atoms with Crippen molar-refractivity contribution in [3.8, 4) is 0 Å². The van der Waals surface area contributed by atoms with Gasteiger partial charge in [0.05, 0.1) is 23.1 Å². The number of H-pyrrole nitrogens is 1. The molecule has 1 N–H and O–H groups in total. The summed E-state index contributed by atoms with van der Waals surface area (Å²) in [6, 6.07) is 5.55. The van der Waals surface area contributed by atoms with Gasteiger partial charge in [-0.05, 0) is 25.1 Å². The van der Waals surface area contributed by atoms with E-state index in [1.54, 1.807) is 6.07 Å². The molecule has 1 heterocycles. The summed E-state index contributed by atoms with van der Waals surface area (Å²) in [4.78, 5) is 11.6. The fourth-order valence-electron chi connectivity index (χ4n) is 1.46. The Hall–Kier alpha value is -0.750. The van der Waals surface area contributed by atoms with Gasteiger partial charge in [-0.15, -0.1) is 0 Å². The molecule has 2 rings (SSSR count). The van der Waals surface area contributed by atoms with Gasteiger partial charge >= 0.3 is 0 Å². The maximum Gasteiger partial charge on any atom is 0.272 e. The third-order valence-corrected chi connectivity index (χ3v) is 3.08. The summed E-state index contributed by atoms with van der Waals surface area (Å²) in [7, 11) is 0.500. The van der Waals surface area contributed by atoms with Gasteiger partial charge in [0.1, 0.15) is 0 Å². The lowest BCUT2D eigenvalue weighted by molar-refractivity contribution is 0.636. The molecule has 17 heavy (non-hydrogen) atoms. The van der Waals surface area contributed by atoms with E-state index in [-0.39, 0.29) is 10.4 Å². The lowest BCUT2D eigenvalue weighted by Gasteiger charge is -2.06. The second-order valence-electron chi connectivity index (χ2n) is 3.24. The number of aromatic amines is 1. The molecule has 0 saturated carbocycles. The quantitative estimate of drug-likeness (QED) is 0.782. The summed E-state index contributed by atoms with van der Waals surface area (Å²) >= 11 is 6.84. The number of rotatable bonds is 1. The van der Waals surface area contributed by atoms with Crippen LogP contribution in [-0.4, -0.2) is 17.4 Å². The first kappa shape index (κ1) is 14.3. The average molecular weight is 366 g/mol. The molecule has 1 unspecified atom stereocenters. The Morgan fingerprint density at radius 3 is 2.59 bits per heavy atom. The molecule has 1 aromatic carbocycles. The second-order valence-corrected chi connectivity index (χ2v) is 5.53. The molecule has 0 saturated heterocycles. The van der Waals surface area contributed by atoms with Gasteiger partial charge in [0, 0.05) is 9.86 Å². The lowest BCUT2D eigenvalue weighted by atomic mass is 10.1. The van der Waals surface area contributed by atoms with E-state index in [0.29, 0.717) is 12.6 Å². The van der Waals surface area contributed by atoms with Crippen molar-refractivity contribution in [1.29, 1.82) is 0 Å². The van der Waals surface area contributed by atoms with Crippen LogP contribution in [0.3, 0.4) is 0 Å². The average Bonchev–Trinajstić information content (AvgIpc) is 2.31. The molecular formula is C11H11Br2FN2O. The zero-order valence-corrected chi connectivity index (χ0v) is 12.5. The molecule has 6 heteroatoms. The molecule has 0 aliphatic rings. The predicted molar refractivity (Wildman–Crippen MR) is 74.4 cm³/mol. The number of halogens is 3. The maximum absolute atomic E-state index is 11.5. The van der Waals surface area contributed by atoms with Crippen LogP contribution in [0.1, 0.15) is 17.4 Å². The topological polar surface area (TPSA) is 45.8 Å². The van der Waals surface area contributed by atoms with Gasteiger partial charge in [0.25, 0.3) is 5.56 Å². The van der Waals surface area contributed by atoms with E-state index in [0.717, 1.165) is 15.6 Å². The summed E-state index contributed by atoms with van der Waals surface area (Å²) in [6.07, 6.45) is 0. The number of fused-ring (bicyclic) bond motifs is 1. The van der Waals surface area contributed by atoms with Crippen LogP contribution in [0.25, 0.3) is 10.8 Å². The zero-order valence-electron chi connectivity index (χ0n) is 9.30. The Balaban J connectivity index is 0.000000686. The Morgan fingerprint density at radius 2 is 2.00 bits per heavy atom.